The Labute approximate surface area is 76.6 Å². The Hall–Kier alpha value is -1.31. The summed E-state index contributed by atoms with van der Waals surface area (Å²) in [7, 11) is 0. The minimum atomic E-state index is 0.00796. The predicted molar refractivity (Wildman–Crippen MR) is 48.5 cm³/mol. The molecule has 1 aliphatic heterocycles. The second-order valence-electron chi connectivity index (χ2n) is 3.31. The lowest BCUT2D eigenvalue weighted by molar-refractivity contribution is 0.182. The third-order valence-corrected chi connectivity index (χ3v) is 2.30. The lowest BCUT2D eigenvalue weighted by Gasteiger charge is -2.26. The second kappa shape index (κ2) is 3.21. The number of allylic oxidation sites excluding steroid dienone is 3. The van der Waals surface area contributed by atoms with Crippen molar-refractivity contribution in [3.05, 3.63) is 29.1 Å². The monoisotopic (exact) mass is 177 g/mol. The van der Waals surface area contributed by atoms with Gasteiger partial charge in [0.05, 0.1) is 0 Å². The Morgan fingerprint density at radius 1 is 1.62 bits per heavy atom. The molecule has 0 radical (unpaired) electrons. The molecule has 3 nitrogen and oxygen atoms in total. The SMILES string of the molecule is NC1COC2=C(C1)C(=C=O)CC=C2. The quantitative estimate of drug-likeness (QED) is 0.554. The van der Waals surface area contributed by atoms with Gasteiger partial charge in [0.25, 0.3) is 0 Å². The summed E-state index contributed by atoms with van der Waals surface area (Å²) in [5.74, 6) is 2.74. The van der Waals surface area contributed by atoms with Crippen LogP contribution in [0.15, 0.2) is 29.1 Å². The minimum absolute atomic E-state index is 0.00796. The summed E-state index contributed by atoms with van der Waals surface area (Å²) in [4.78, 5) is 10.6. The van der Waals surface area contributed by atoms with Crippen molar-refractivity contribution in [1.29, 1.82) is 0 Å². The average Bonchev–Trinajstić information content (AvgIpc) is 2.17. The summed E-state index contributed by atoms with van der Waals surface area (Å²) >= 11 is 0. The van der Waals surface area contributed by atoms with Crippen LogP contribution in [0.2, 0.25) is 0 Å². The van der Waals surface area contributed by atoms with Crippen molar-refractivity contribution in [2.45, 2.75) is 18.9 Å². The molecular formula is C10H11NO2. The zero-order valence-corrected chi connectivity index (χ0v) is 7.25. The van der Waals surface area contributed by atoms with Gasteiger partial charge in [0.2, 0.25) is 0 Å². The molecule has 0 saturated carbocycles. The van der Waals surface area contributed by atoms with Crippen molar-refractivity contribution in [3.63, 3.8) is 0 Å². The van der Waals surface area contributed by atoms with Crippen LogP contribution in [0, 0.1) is 0 Å². The van der Waals surface area contributed by atoms with E-state index in [0.717, 1.165) is 17.8 Å². The fraction of sp³-hybridized carbons (Fsp3) is 0.400. The Kier molecular flexibility index (Phi) is 2.05. The molecule has 3 heteroatoms. The highest BCUT2D eigenvalue weighted by atomic mass is 16.5. The van der Waals surface area contributed by atoms with Gasteiger partial charge in [0.15, 0.2) is 0 Å². The van der Waals surface area contributed by atoms with E-state index in [1.54, 1.807) is 0 Å². The molecule has 13 heavy (non-hydrogen) atoms. The highest BCUT2D eigenvalue weighted by Crippen LogP contribution is 2.30. The number of nitrogens with two attached hydrogens (primary N) is 1. The molecule has 0 aromatic heterocycles. The molecule has 1 heterocycles. The Morgan fingerprint density at radius 2 is 2.46 bits per heavy atom. The number of hydrogen-bond acceptors (Lipinski definition) is 3. The molecule has 0 saturated heterocycles. The summed E-state index contributed by atoms with van der Waals surface area (Å²) < 4.78 is 5.39. The van der Waals surface area contributed by atoms with Crippen LogP contribution in [0.1, 0.15) is 12.8 Å². The van der Waals surface area contributed by atoms with E-state index < -0.39 is 0 Å². The number of carbonyl (C=O) groups excluding carboxylic acids is 1. The maximum atomic E-state index is 10.6. The minimum Gasteiger partial charge on any atom is -0.492 e. The molecule has 1 aliphatic carbocycles. The van der Waals surface area contributed by atoms with Gasteiger partial charge in [0, 0.05) is 23.6 Å². The molecule has 2 N–H and O–H groups in total. The van der Waals surface area contributed by atoms with Crippen LogP contribution < -0.4 is 5.73 Å². The van der Waals surface area contributed by atoms with Crippen molar-refractivity contribution in [3.8, 4) is 0 Å². The third-order valence-electron chi connectivity index (χ3n) is 2.30. The van der Waals surface area contributed by atoms with E-state index in [1.165, 1.54) is 0 Å². The van der Waals surface area contributed by atoms with E-state index in [2.05, 4.69) is 0 Å². The first-order valence-electron chi connectivity index (χ1n) is 4.33. The summed E-state index contributed by atoms with van der Waals surface area (Å²) in [6, 6.07) is 0.00796. The van der Waals surface area contributed by atoms with E-state index in [9.17, 15) is 4.79 Å². The van der Waals surface area contributed by atoms with Crippen molar-refractivity contribution in [2.75, 3.05) is 6.61 Å². The zero-order valence-electron chi connectivity index (χ0n) is 7.25. The second-order valence-corrected chi connectivity index (χ2v) is 3.31. The highest BCUT2D eigenvalue weighted by molar-refractivity contribution is 5.64. The first kappa shape index (κ1) is 8.30. The van der Waals surface area contributed by atoms with Crippen LogP contribution in [0.4, 0.5) is 0 Å². The summed E-state index contributed by atoms with van der Waals surface area (Å²) in [5, 5.41) is 0. The molecule has 0 spiro atoms. The van der Waals surface area contributed by atoms with Crippen LogP contribution in [-0.2, 0) is 9.53 Å². The van der Waals surface area contributed by atoms with Crippen LogP contribution in [0.25, 0.3) is 0 Å². The maximum Gasteiger partial charge on any atom is 0.128 e. The molecule has 0 amide bonds. The van der Waals surface area contributed by atoms with Crippen molar-refractivity contribution in [2.24, 2.45) is 5.73 Å². The molecule has 0 aromatic rings. The fourth-order valence-corrected chi connectivity index (χ4v) is 1.64. The van der Waals surface area contributed by atoms with Gasteiger partial charge in [-0.05, 0) is 12.5 Å². The van der Waals surface area contributed by atoms with Gasteiger partial charge in [0.1, 0.15) is 18.3 Å². The molecule has 1 atom stereocenters. The molecule has 0 fully saturated rings. The standard InChI is InChI=1S/C10H11NO2/c11-8-4-9-7(5-12)2-1-3-10(9)13-6-8/h1,3,8H,2,4,6,11H2. The van der Waals surface area contributed by atoms with E-state index in [0.29, 0.717) is 18.6 Å². The lowest BCUT2D eigenvalue weighted by Crippen LogP contribution is -2.31. The van der Waals surface area contributed by atoms with Crippen molar-refractivity contribution in [1.82, 2.24) is 0 Å². The fourth-order valence-electron chi connectivity index (χ4n) is 1.64. The topological polar surface area (TPSA) is 52.3 Å². The smallest absolute Gasteiger partial charge is 0.128 e. The van der Waals surface area contributed by atoms with Gasteiger partial charge >= 0.3 is 0 Å². The van der Waals surface area contributed by atoms with E-state index >= 15 is 0 Å². The third kappa shape index (κ3) is 1.44. The Balaban J connectivity index is 2.39. The normalized spacial score (nSPS) is 26.5. The summed E-state index contributed by atoms with van der Waals surface area (Å²) in [6.07, 6.45) is 5.20. The molecule has 0 aromatic carbocycles. The number of rotatable bonds is 0. The van der Waals surface area contributed by atoms with Crippen LogP contribution in [0.5, 0.6) is 0 Å². The molecule has 1 unspecified atom stereocenters. The van der Waals surface area contributed by atoms with E-state index in [1.807, 2.05) is 18.1 Å². The first-order valence-corrected chi connectivity index (χ1v) is 4.33. The molecule has 2 aliphatic rings. The molecule has 2 rings (SSSR count). The summed E-state index contributed by atoms with van der Waals surface area (Å²) in [5.41, 5.74) is 7.36. The molecule has 0 bridgehead atoms. The van der Waals surface area contributed by atoms with Crippen LogP contribution >= 0.6 is 0 Å². The molecule has 68 valence electrons. The van der Waals surface area contributed by atoms with Gasteiger partial charge in [-0.1, -0.05) is 6.08 Å². The Morgan fingerprint density at radius 3 is 3.23 bits per heavy atom. The van der Waals surface area contributed by atoms with Gasteiger partial charge in [-0.25, -0.2) is 4.79 Å². The van der Waals surface area contributed by atoms with E-state index in [-0.39, 0.29) is 6.04 Å². The summed E-state index contributed by atoms with van der Waals surface area (Å²) in [6.45, 7) is 0.537. The highest BCUT2D eigenvalue weighted by Gasteiger charge is 2.23. The average molecular weight is 177 g/mol. The van der Waals surface area contributed by atoms with E-state index in [4.69, 9.17) is 10.5 Å². The maximum absolute atomic E-state index is 10.6. The van der Waals surface area contributed by atoms with Crippen LogP contribution in [0.3, 0.4) is 0 Å². The zero-order chi connectivity index (χ0) is 9.26. The van der Waals surface area contributed by atoms with Crippen molar-refractivity contribution >= 4 is 5.94 Å². The largest absolute Gasteiger partial charge is 0.492 e. The van der Waals surface area contributed by atoms with Gasteiger partial charge < -0.3 is 10.5 Å². The van der Waals surface area contributed by atoms with Crippen LogP contribution in [-0.4, -0.2) is 18.6 Å². The molecular weight excluding hydrogens is 166 g/mol. The lowest BCUT2D eigenvalue weighted by atomic mass is 9.91. The van der Waals surface area contributed by atoms with Gasteiger partial charge in [-0.3, -0.25) is 0 Å². The van der Waals surface area contributed by atoms with Gasteiger partial charge in [-0.2, -0.15) is 0 Å². The van der Waals surface area contributed by atoms with Gasteiger partial charge in [-0.15, -0.1) is 0 Å². The number of ether oxygens (including phenoxy) is 1. The van der Waals surface area contributed by atoms with Crippen molar-refractivity contribution < 1.29 is 9.53 Å². The Bertz CT molecular complexity index is 335. The predicted octanol–water partition coefficient (Wildman–Crippen LogP) is 0.706. The first-order chi connectivity index (χ1) is 6.31. The number of hydrogen-bond donors (Lipinski definition) is 1.